The Morgan fingerprint density at radius 3 is 2.71 bits per heavy atom. The topological polar surface area (TPSA) is 79.7 Å². The van der Waals surface area contributed by atoms with Gasteiger partial charge in [-0.1, -0.05) is 30.4 Å². The number of carboxylic acid groups (broad SMARTS) is 1. The summed E-state index contributed by atoms with van der Waals surface area (Å²) in [5, 5.41) is 19.4. The van der Waals surface area contributed by atoms with Gasteiger partial charge in [0.05, 0.1) is 23.9 Å². The van der Waals surface area contributed by atoms with Crippen LogP contribution in [-0.4, -0.2) is 33.4 Å². The van der Waals surface area contributed by atoms with Crippen molar-refractivity contribution in [2.24, 2.45) is 11.8 Å². The summed E-state index contributed by atoms with van der Waals surface area (Å²) in [6, 6.07) is 10.8. The van der Waals surface area contributed by atoms with Gasteiger partial charge in [0, 0.05) is 23.9 Å². The highest BCUT2D eigenvalue weighted by atomic mass is 16.5. The Balaban J connectivity index is 1.40. The fourth-order valence-corrected chi connectivity index (χ4v) is 4.50. The summed E-state index contributed by atoms with van der Waals surface area (Å²) in [5.74, 6) is -0.163. The molecule has 28 heavy (non-hydrogen) atoms. The van der Waals surface area contributed by atoms with Crippen LogP contribution in [0.3, 0.4) is 0 Å². The standard InChI is InChI=1S/C23H25NO4/c25-20(17-2-1-13-24-14-17)10-9-19-18(21-11-12-22(19)28-21)8-5-15-3-6-16(7-4-15)23(26)27/h1-4,6-7,9-10,13-14,18-22,25H,5,8,11-12H2,(H,26,27)/b10-9+/t18-,19-,20?,21+,22-/m1/s1. The highest BCUT2D eigenvalue weighted by molar-refractivity contribution is 5.87. The average Bonchev–Trinajstić information content (AvgIpc) is 3.33. The summed E-state index contributed by atoms with van der Waals surface area (Å²) in [6.45, 7) is 0. The van der Waals surface area contributed by atoms with E-state index in [-0.39, 0.29) is 12.2 Å². The van der Waals surface area contributed by atoms with Crippen LogP contribution in [-0.2, 0) is 11.2 Å². The zero-order chi connectivity index (χ0) is 19.5. The summed E-state index contributed by atoms with van der Waals surface area (Å²) in [7, 11) is 0. The van der Waals surface area contributed by atoms with Crippen molar-refractivity contribution < 1.29 is 19.7 Å². The molecule has 1 unspecified atom stereocenters. The molecule has 3 heterocycles. The minimum absolute atomic E-state index is 0.238. The van der Waals surface area contributed by atoms with Crippen LogP contribution in [0.4, 0.5) is 0 Å². The molecule has 0 radical (unpaired) electrons. The van der Waals surface area contributed by atoms with E-state index in [2.05, 4.69) is 11.1 Å². The molecule has 5 heteroatoms. The lowest BCUT2D eigenvalue weighted by Gasteiger charge is -2.26. The molecular formula is C23H25NO4. The van der Waals surface area contributed by atoms with E-state index in [4.69, 9.17) is 9.84 Å². The van der Waals surface area contributed by atoms with Gasteiger partial charge in [0.15, 0.2) is 0 Å². The van der Waals surface area contributed by atoms with Gasteiger partial charge < -0.3 is 14.9 Å². The molecule has 2 N–H and O–H groups in total. The van der Waals surface area contributed by atoms with Crippen molar-refractivity contribution in [1.82, 2.24) is 4.98 Å². The number of rotatable bonds is 7. The lowest BCUT2D eigenvalue weighted by atomic mass is 9.76. The van der Waals surface area contributed by atoms with Gasteiger partial charge in [-0.05, 0) is 55.4 Å². The number of hydrogen-bond acceptors (Lipinski definition) is 4. The molecule has 2 saturated heterocycles. The molecule has 2 bridgehead atoms. The van der Waals surface area contributed by atoms with Gasteiger partial charge >= 0.3 is 5.97 Å². The molecule has 0 amide bonds. The fourth-order valence-electron chi connectivity index (χ4n) is 4.50. The van der Waals surface area contributed by atoms with E-state index in [1.165, 1.54) is 0 Å². The van der Waals surface area contributed by atoms with Crippen LogP contribution in [0, 0.1) is 11.8 Å². The van der Waals surface area contributed by atoms with Crippen molar-refractivity contribution in [2.45, 2.75) is 44.0 Å². The maximum absolute atomic E-state index is 11.0. The van der Waals surface area contributed by atoms with Gasteiger partial charge in [-0.15, -0.1) is 0 Å². The van der Waals surface area contributed by atoms with E-state index in [1.807, 2.05) is 30.3 Å². The van der Waals surface area contributed by atoms with Crippen LogP contribution in [0.25, 0.3) is 0 Å². The second kappa shape index (κ2) is 8.25. The molecule has 2 aliphatic heterocycles. The lowest BCUT2D eigenvalue weighted by Crippen LogP contribution is -2.26. The van der Waals surface area contributed by atoms with Crippen molar-refractivity contribution in [1.29, 1.82) is 0 Å². The van der Waals surface area contributed by atoms with Gasteiger partial charge in [-0.2, -0.15) is 0 Å². The summed E-state index contributed by atoms with van der Waals surface area (Å²) >= 11 is 0. The normalized spacial score (nSPS) is 27.3. The van der Waals surface area contributed by atoms with E-state index in [1.54, 1.807) is 24.5 Å². The molecule has 2 aromatic rings. The van der Waals surface area contributed by atoms with Crippen LogP contribution in [0.2, 0.25) is 0 Å². The van der Waals surface area contributed by atoms with Crippen molar-refractivity contribution >= 4 is 5.97 Å². The number of carbonyl (C=O) groups is 1. The first-order valence-electron chi connectivity index (χ1n) is 9.86. The Kier molecular flexibility index (Phi) is 5.55. The van der Waals surface area contributed by atoms with E-state index in [0.717, 1.165) is 36.8 Å². The van der Waals surface area contributed by atoms with Gasteiger partial charge in [0.2, 0.25) is 0 Å². The maximum Gasteiger partial charge on any atom is 0.335 e. The zero-order valence-electron chi connectivity index (χ0n) is 15.6. The molecule has 0 spiro atoms. The third-order valence-electron chi connectivity index (χ3n) is 6.00. The third-order valence-corrected chi connectivity index (χ3v) is 6.00. The average molecular weight is 379 g/mol. The van der Waals surface area contributed by atoms with Gasteiger partial charge in [-0.3, -0.25) is 4.98 Å². The van der Waals surface area contributed by atoms with Crippen LogP contribution in [0.5, 0.6) is 0 Å². The van der Waals surface area contributed by atoms with E-state index < -0.39 is 12.1 Å². The summed E-state index contributed by atoms with van der Waals surface area (Å²) in [6.07, 6.45) is 11.3. The summed E-state index contributed by atoms with van der Waals surface area (Å²) in [5.41, 5.74) is 2.25. The maximum atomic E-state index is 11.0. The van der Waals surface area contributed by atoms with Crippen LogP contribution < -0.4 is 0 Å². The number of fused-ring (bicyclic) bond motifs is 2. The Bertz CT molecular complexity index is 833. The third kappa shape index (κ3) is 4.01. The summed E-state index contributed by atoms with van der Waals surface area (Å²) < 4.78 is 6.15. The van der Waals surface area contributed by atoms with Crippen molar-refractivity contribution in [2.75, 3.05) is 0 Å². The number of ether oxygens (including phenoxy) is 1. The first-order valence-corrected chi connectivity index (χ1v) is 9.86. The molecule has 1 aromatic heterocycles. The predicted molar refractivity (Wildman–Crippen MR) is 105 cm³/mol. The number of aryl methyl sites for hydroxylation is 1. The Labute approximate surface area is 164 Å². The van der Waals surface area contributed by atoms with Crippen molar-refractivity contribution in [3.05, 3.63) is 77.6 Å². The van der Waals surface area contributed by atoms with E-state index in [0.29, 0.717) is 17.4 Å². The van der Waals surface area contributed by atoms with Crippen LogP contribution in [0.15, 0.2) is 60.9 Å². The molecule has 2 fully saturated rings. The molecule has 1 aromatic carbocycles. The predicted octanol–water partition coefficient (Wildman–Crippen LogP) is 3.80. The highest BCUT2D eigenvalue weighted by Crippen LogP contribution is 2.46. The number of aromatic nitrogens is 1. The van der Waals surface area contributed by atoms with E-state index in [9.17, 15) is 9.90 Å². The quantitative estimate of drug-likeness (QED) is 0.716. The smallest absolute Gasteiger partial charge is 0.335 e. The first-order chi connectivity index (χ1) is 13.6. The number of hydrogen-bond donors (Lipinski definition) is 2. The van der Waals surface area contributed by atoms with Crippen molar-refractivity contribution in [3.63, 3.8) is 0 Å². The number of pyridine rings is 1. The Morgan fingerprint density at radius 1 is 1.21 bits per heavy atom. The molecule has 4 rings (SSSR count). The molecule has 5 atom stereocenters. The molecule has 0 aliphatic carbocycles. The molecule has 2 aliphatic rings. The molecular weight excluding hydrogens is 354 g/mol. The van der Waals surface area contributed by atoms with Crippen LogP contribution >= 0.6 is 0 Å². The van der Waals surface area contributed by atoms with Gasteiger partial charge in [-0.25, -0.2) is 4.79 Å². The zero-order valence-corrected chi connectivity index (χ0v) is 15.6. The number of benzene rings is 1. The van der Waals surface area contributed by atoms with Gasteiger partial charge in [0.25, 0.3) is 0 Å². The number of carboxylic acids is 1. The number of aromatic carboxylic acids is 1. The monoisotopic (exact) mass is 379 g/mol. The largest absolute Gasteiger partial charge is 0.478 e. The number of aliphatic hydroxyl groups excluding tert-OH is 1. The van der Waals surface area contributed by atoms with Crippen LogP contribution in [0.1, 0.15) is 46.9 Å². The minimum atomic E-state index is -0.898. The molecule has 5 nitrogen and oxygen atoms in total. The van der Waals surface area contributed by atoms with Crippen molar-refractivity contribution in [3.8, 4) is 0 Å². The summed E-state index contributed by atoms with van der Waals surface area (Å²) in [4.78, 5) is 15.1. The second-order valence-corrected chi connectivity index (χ2v) is 7.69. The molecule has 0 saturated carbocycles. The first kappa shape index (κ1) is 18.8. The number of nitrogens with zero attached hydrogens (tertiary/aromatic N) is 1. The Morgan fingerprint density at radius 2 is 2.00 bits per heavy atom. The SMILES string of the molecule is O=C(O)c1ccc(CC[C@@H]2[C@@H](/C=C/C(O)c3cccnc3)[C@H]3CC[C@@H]2O3)cc1. The fraction of sp³-hybridized carbons (Fsp3) is 0.391. The minimum Gasteiger partial charge on any atom is -0.478 e. The highest BCUT2D eigenvalue weighted by Gasteiger charge is 2.47. The Hall–Kier alpha value is -2.50. The van der Waals surface area contributed by atoms with E-state index >= 15 is 0 Å². The number of aliphatic hydroxyl groups is 1. The molecule has 146 valence electrons. The van der Waals surface area contributed by atoms with Gasteiger partial charge in [0.1, 0.15) is 0 Å². The second-order valence-electron chi connectivity index (χ2n) is 7.69. The lowest BCUT2D eigenvalue weighted by molar-refractivity contribution is 0.0697.